The second kappa shape index (κ2) is 7.86. The van der Waals surface area contributed by atoms with Gasteiger partial charge in [0.15, 0.2) is 5.13 Å². The minimum absolute atomic E-state index is 0.195. The second-order valence-electron chi connectivity index (χ2n) is 5.52. The molecule has 5 heteroatoms. The molecule has 0 aliphatic rings. The summed E-state index contributed by atoms with van der Waals surface area (Å²) in [6.45, 7) is 0. The van der Waals surface area contributed by atoms with Gasteiger partial charge in [-0.1, -0.05) is 60.7 Å². The van der Waals surface area contributed by atoms with E-state index in [9.17, 15) is 4.79 Å². The predicted octanol–water partition coefficient (Wildman–Crippen LogP) is 3.71. The molecule has 0 radical (unpaired) electrons. The second-order valence-corrected chi connectivity index (χ2v) is 6.38. The van der Waals surface area contributed by atoms with Crippen molar-refractivity contribution in [1.29, 1.82) is 0 Å². The fourth-order valence-electron chi connectivity index (χ4n) is 2.37. The van der Waals surface area contributed by atoms with Gasteiger partial charge in [-0.2, -0.15) is 0 Å². The number of hydrogen-bond acceptors (Lipinski definition) is 4. The quantitative estimate of drug-likeness (QED) is 0.720. The minimum atomic E-state index is -0.547. The Bertz CT molecular complexity index is 787. The maximum absolute atomic E-state index is 12.2. The molecule has 2 aromatic carbocycles. The Morgan fingerprint density at radius 3 is 2.46 bits per heavy atom. The van der Waals surface area contributed by atoms with Crippen molar-refractivity contribution in [2.24, 2.45) is 5.73 Å². The van der Waals surface area contributed by atoms with E-state index in [1.165, 1.54) is 16.9 Å². The Kier molecular flexibility index (Phi) is 5.36. The number of benzene rings is 2. The lowest BCUT2D eigenvalue weighted by atomic mass is 10.1. The number of nitrogens with two attached hydrogens (primary N) is 1. The first kappa shape index (κ1) is 16.4. The van der Waals surface area contributed by atoms with E-state index in [2.05, 4.69) is 10.3 Å². The Morgan fingerprint density at radius 2 is 1.75 bits per heavy atom. The molecule has 0 saturated carbocycles. The van der Waals surface area contributed by atoms with Crippen molar-refractivity contribution in [3.8, 4) is 11.3 Å². The SMILES string of the molecule is N[C@H](CCc1ccccc1)C(=O)Nc1nc(-c2ccccc2)cs1. The number of aromatic nitrogens is 1. The molecule has 1 heterocycles. The molecule has 0 bridgehead atoms. The summed E-state index contributed by atoms with van der Waals surface area (Å²) in [6, 6.07) is 19.4. The van der Waals surface area contributed by atoms with Crippen LogP contribution >= 0.6 is 11.3 Å². The smallest absolute Gasteiger partial charge is 0.243 e. The minimum Gasteiger partial charge on any atom is -0.320 e. The van der Waals surface area contributed by atoms with Crippen LogP contribution in [0.1, 0.15) is 12.0 Å². The zero-order chi connectivity index (χ0) is 16.8. The first-order chi connectivity index (χ1) is 11.7. The first-order valence-corrected chi connectivity index (χ1v) is 8.71. The van der Waals surface area contributed by atoms with Crippen LogP contribution in [-0.4, -0.2) is 16.9 Å². The first-order valence-electron chi connectivity index (χ1n) is 7.84. The third-order valence-corrected chi connectivity index (χ3v) is 4.49. The highest BCUT2D eigenvalue weighted by atomic mass is 32.1. The highest BCUT2D eigenvalue weighted by molar-refractivity contribution is 7.14. The van der Waals surface area contributed by atoms with Crippen LogP contribution in [0, 0.1) is 0 Å². The molecule has 0 unspecified atom stereocenters. The Morgan fingerprint density at radius 1 is 1.08 bits per heavy atom. The number of carbonyl (C=O) groups excluding carboxylic acids is 1. The van der Waals surface area contributed by atoms with Crippen LogP contribution in [0.15, 0.2) is 66.0 Å². The number of nitrogens with zero attached hydrogens (tertiary/aromatic N) is 1. The maximum atomic E-state index is 12.2. The molecule has 1 atom stereocenters. The lowest BCUT2D eigenvalue weighted by molar-refractivity contribution is -0.117. The number of hydrogen-bond donors (Lipinski definition) is 2. The van der Waals surface area contributed by atoms with Gasteiger partial charge in [-0.3, -0.25) is 4.79 Å². The van der Waals surface area contributed by atoms with Gasteiger partial charge in [0.25, 0.3) is 0 Å². The van der Waals surface area contributed by atoms with Gasteiger partial charge in [-0.25, -0.2) is 4.98 Å². The van der Waals surface area contributed by atoms with Crippen LogP contribution in [-0.2, 0) is 11.2 Å². The van der Waals surface area contributed by atoms with Crippen LogP contribution in [0.5, 0.6) is 0 Å². The average Bonchev–Trinajstić information content (AvgIpc) is 3.10. The summed E-state index contributed by atoms with van der Waals surface area (Å²) in [4.78, 5) is 16.7. The summed E-state index contributed by atoms with van der Waals surface area (Å²) in [5.41, 5.74) is 9.06. The van der Waals surface area contributed by atoms with Crippen molar-refractivity contribution in [3.05, 3.63) is 71.6 Å². The Hall–Kier alpha value is -2.50. The molecule has 0 aliphatic carbocycles. The lowest BCUT2D eigenvalue weighted by Gasteiger charge is -2.10. The van der Waals surface area contributed by atoms with Crippen LogP contribution < -0.4 is 11.1 Å². The van der Waals surface area contributed by atoms with Gasteiger partial charge >= 0.3 is 0 Å². The van der Waals surface area contributed by atoms with Gasteiger partial charge in [0.05, 0.1) is 11.7 Å². The monoisotopic (exact) mass is 337 g/mol. The largest absolute Gasteiger partial charge is 0.320 e. The summed E-state index contributed by atoms with van der Waals surface area (Å²) in [6.07, 6.45) is 1.38. The van der Waals surface area contributed by atoms with Crippen molar-refractivity contribution >= 4 is 22.4 Å². The van der Waals surface area contributed by atoms with Gasteiger partial charge in [0.2, 0.25) is 5.91 Å². The van der Waals surface area contributed by atoms with E-state index in [4.69, 9.17) is 5.73 Å². The van der Waals surface area contributed by atoms with E-state index in [1.807, 2.05) is 66.0 Å². The summed E-state index contributed by atoms with van der Waals surface area (Å²) in [5, 5.41) is 5.32. The van der Waals surface area contributed by atoms with Gasteiger partial charge in [0.1, 0.15) is 0 Å². The number of rotatable bonds is 6. The van der Waals surface area contributed by atoms with Gasteiger partial charge < -0.3 is 11.1 Å². The molecule has 122 valence electrons. The standard InChI is InChI=1S/C19H19N3OS/c20-16(12-11-14-7-3-1-4-8-14)18(23)22-19-21-17(13-24-19)15-9-5-2-6-10-15/h1-10,13,16H,11-12,20H2,(H,21,22,23)/t16-/m1/s1. The zero-order valence-electron chi connectivity index (χ0n) is 13.2. The van der Waals surface area contributed by atoms with Gasteiger partial charge in [0, 0.05) is 10.9 Å². The molecule has 24 heavy (non-hydrogen) atoms. The van der Waals surface area contributed by atoms with Crippen molar-refractivity contribution < 1.29 is 4.79 Å². The van der Waals surface area contributed by atoms with Crippen molar-refractivity contribution in [2.45, 2.75) is 18.9 Å². The molecule has 3 aromatic rings. The van der Waals surface area contributed by atoms with E-state index >= 15 is 0 Å². The average molecular weight is 337 g/mol. The van der Waals surface area contributed by atoms with Crippen LogP contribution in [0.25, 0.3) is 11.3 Å². The van der Waals surface area contributed by atoms with Crippen LogP contribution in [0.3, 0.4) is 0 Å². The Balaban J connectivity index is 1.55. The molecule has 1 aromatic heterocycles. The van der Waals surface area contributed by atoms with E-state index in [0.29, 0.717) is 11.6 Å². The highest BCUT2D eigenvalue weighted by Gasteiger charge is 2.15. The van der Waals surface area contributed by atoms with Crippen LogP contribution in [0.4, 0.5) is 5.13 Å². The third-order valence-electron chi connectivity index (χ3n) is 3.73. The van der Waals surface area contributed by atoms with Gasteiger partial charge in [-0.05, 0) is 18.4 Å². The summed E-state index contributed by atoms with van der Waals surface area (Å²) in [7, 11) is 0. The van der Waals surface area contributed by atoms with Crippen molar-refractivity contribution in [3.63, 3.8) is 0 Å². The molecule has 3 N–H and O–H groups in total. The fraction of sp³-hybridized carbons (Fsp3) is 0.158. The fourth-order valence-corrected chi connectivity index (χ4v) is 3.09. The topological polar surface area (TPSA) is 68.0 Å². The van der Waals surface area contributed by atoms with E-state index in [-0.39, 0.29) is 5.91 Å². The number of carbonyl (C=O) groups is 1. The highest BCUT2D eigenvalue weighted by Crippen LogP contribution is 2.24. The summed E-state index contributed by atoms with van der Waals surface area (Å²) >= 11 is 1.41. The molecule has 0 saturated heterocycles. The zero-order valence-corrected chi connectivity index (χ0v) is 14.0. The molecular weight excluding hydrogens is 318 g/mol. The molecule has 1 amide bonds. The number of anilines is 1. The molecule has 0 fully saturated rings. The molecule has 0 aliphatic heterocycles. The predicted molar refractivity (Wildman–Crippen MR) is 98.9 cm³/mol. The van der Waals surface area contributed by atoms with Gasteiger partial charge in [-0.15, -0.1) is 11.3 Å². The number of amides is 1. The lowest BCUT2D eigenvalue weighted by Crippen LogP contribution is -2.35. The van der Waals surface area contributed by atoms with E-state index in [0.717, 1.165) is 17.7 Å². The molecule has 3 rings (SSSR count). The summed E-state index contributed by atoms with van der Waals surface area (Å²) < 4.78 is 0. The number of thiazole rings is 1. The van der Waals surface area contributed by atoms with Crippen molar-refractivity contribution in [1.82, 2.24) is 4.98 Å². The number of nitrogens with one attached hydrogen (secondary N) is 1. The van der Waals surface area contributed by atoms with E-state index < -0.39 is 6.04 Å². The van der Waals surface area contributed by atoms with Crippen LogP contribution in [0.2, 0.25) is 0 Å². The summed E-state index contributed by atoms with van der Waals surface area (Å²) in [5.74, 6) is -0.195. The number of aryl methyl sites for hydroxylation is 1. The maximum Gasteiger partial charge on any atom is 0.243 e. The molecule has 4 nitrogen and oxygen atoms in total. The Labute approximate surface area is 145 Å². The molecular formula is C19H19N3OS. The van der Waals surface area contributed by atoms with Crippen molar-refractivity contribution in [2.75, 3.05) is 5.32 Å². The molecule has 0 spiro atoms. The normalized spacial score (nSPS) is 11.9. The third kappa shape index (κ3) is 4.28. The van der Waals surface area contributed by atoms with E-state index in [1.54, 1.807) is 0 Å².